The average molecular weight is 654 g/mol. The van der Waals surface area contributed by atoms with Crippen molar-refractivity contribution in [3.8, 4) is 0 Å². The SMILES string of the molecule is CC(C)[C@H](NC(=O)N1CCC(NCC(=O)OC(C)(C)C)CC1)C(=O)N1CCC[C@H]1C(=O)NC(Cc1ccccc1)C(=O)C(F)(F)F. The zero-order chi connectivity index (χ0) is 34.2. The number of nitrogens with one attached hydrogen (secondary N) is 3. The topological polar surface area (TPSA) is 137 Å². The largest absolute Gasteiger partial charge is 0.459 e. The molecule has 0 bridgehead atoms. The van der Waals surface area contributed by atoms with E-state index in [0.29, 0.717) is 37.9 Å². The lowest BCUT2D eigenvalue weighted by molar-refractivity contribution is -0.173. The van der Waals surface area contributed by atoms with Crippen LogP contribution in [-0.2, 0) is 30.3 Å². The van der Waals surface area contributed by atoms with E-state index >= 15 is 0 Å². The Bertz CT molecular complexity index is 1230. The van der Waals surface area contributed by atoms with E-state index in [-0.39, 0.29) is 43.9 Å². The number of ketones is 1. The van der Waals surface area contributed by atoms with Gasteiger partial charge >= 0.3 is 18.2 Å². The zero-order valence-electron chi connectivity index (χ0n) is 27.1. The molecule has 2 fully saturated rings. The molecule has 256 valence electrons. The third-order valence-corrected chi connectivity index (χ3v) is 7.98. The number of hydrogen-bond acceptors (Lipinski definition) is 7. The number of piperidine rings is 1. The fourth-order valence-electron chi connectivity index (χ4n) is 5.64. The summed E-state index contributed by atoms with van der Waals surface area (Å²) in [5.41, 5.74) is -0.143. The van der Waals surface area contributed by atoms with E-state index in [1.54, 1.807) is 69.9 Å². The minimum atomic E-state index is -5.16. The molecule has 2 aliphatic heterocycles. The van der Waals surface area contributed by atoms with Gasteiger partial charge in [0.15, 0.2) is 0 Å². The van der Waals surface area contributed by atoms with Crippen molar-refractivity contribution in [1.29, 1.82) is 0 Å². The number of carbonyl (C=O) groups excluding carboxylic acids is 5. The number of alkyl halides is 3. The fourth-order valence-corrected chi connectivity index (χ4v) is 5.64. The van der Waals surface area contributed by atoms with Gasteiger partial charge in [0.2, 0.25) is 11.8 Å². The monoisotopic (exact) mass is 653 g/mol. The van der Waals surface area contributed by atoms with Crippen LogP contribution in [0.1, 0.15) is 65.9 Å². The van der Waals surface area contributed by atoms with Crippen LogP contribution < -0.4 is 16.0 Å². The summed E-state index contributed by atoms with van der Waals surface area (Å²) < 4.78 is 45.6. The van der Waals surface area contributed by atoms with Crippen molar-refractivity contribution < 1.29 is 41.9 Å². The van der Waals surface area contributed by atoms with Gasteiger partial charge < -0.3 is 30.5 Å². The van der Waals surface area contributed by atoms with Crippen LogP contribution in [-0.4, -0.2) is 102 Å². The first-order valence-electron chi connectivity index (χ1n) is 15.7. The molecule has 0 saturated carbocycles. The predicted molar refractivity (Wildman–Crippen MR) is 163 cm³/mol. The summed E-state index contributed by atoms with van der Waals surface area (Å²) >= 11 is 0. The summed E-state index contributed by atoms with van der Waals surface area (Å²) in [5.74, 6) is -4.16. The first kappa shape index (κ1) is 36.8. The Morgan fingerprint density at radius 3 is 2.13 bits per heavy atom. The predicted octanol–water partition coefficient (Wildman–Crippen LogP) is 2.97. The normalized spacial score (nSPS) is 19.0. The molecule has 2 saturated heterocycles. The molecule has 2 aliphatic rings. The number of urea groups is 1. The molecule has 14 heteroatoms. The number of carbonyl (C=O) groups is 5. The summed E-state index contributed by atoms with van der Waals surface area (Å²) in [4.78, 5) is 67.3. The van der Waals surface area contributed by atoms with Gasteiger partial charge in [0, 0.05) is 32.1 Å². The Labute approximate surface area is 267 Å². The molecule has 46 heavy (non-hydrogen) atoms. The number of ether oxygens (including phenoxy) is 1. The van der Waals surface area contributed by atoms with Crippen LogP contribution in [0.15, 0.2) is 30.3 Å². The van der Waals surface area contributed by atoms with Crippen molar-refractivity contribution in [2.45, 2.75) is 103 Å². The molecule has 1 aromatic rings. The minimum Gasteiger partial charge on any atom is -0.459 e. The van der Waals surface area contributed by atoms with Gasteiger partial charge in [-0.25, -0.2) is 4.79 Å². The number of esters is 1. The summed E-state index contributed by atoms with van der Waals surface area (Å²) in [7, 11) is 0. The third-order valence-electron chi connectivity index (χ3n) is 7.98. The standard InChI is InChI=1S/C32H46F3N5O6/c1-20(2)26(38-30(45)39-16-13-22(14-17-39)36-19-25(41)46-31(3,4)5)29(44)40-15-9-12-24(40)28(43)37-23(27(42)32(33,34)35)18-21-10-7-6-8-11-21/h6-8,10-11,20,22-24,26,36H,9,12-19H2,1-5H3,(H,37,43)(H,38,45)/t23?,24-,26-/m0/s1. The molecule has 0 spiro atoms. The highest BCUT2D eigenvalue weighted by molar-refractivity contribution is 5.96. The second kappa shape index (κ2) is 15.7. The minimum absolute atomic E-state index is 0.0120. The number of likely N-dealkylation sites (tertiary alicyclic amines) is 2. The Hall–Kier alpha value is -3.68. The first-order chi connectivity index (χ1) is 21.5. The lowest BCUT2D eigenvalue weighted by Gasteiger charge is -2.35. The maximum absolute atomic E-state index is 13.7. The number of benzene rings is 1. The maximum Gasteiger partial charge on any atom is 0.452 e. The zero-order valence-corrected chi connectivity index (χ0v) is 27.1. The highest BCUT2D eigenvalue weighted by atomic mass is 19.4. The Balaban J connectivity index is 1.60. The van der Waals surface area contributed by atoms with Gasteiger partial charge in [-0.2, -0.15) is 13.2 Å². The first-order valence-corrected chi connectivity index (χ1v) is 15.7. The van der Waals surface area contributed by atoms with Crippen molar-refractivity contribution >= 4 is 29.6 Å². The molecule has 1 unspecified atom stereocenters. The van der Waals surface area contributed by atoms with Gasteiger partial charge in [0.1, 0.15) is 23.7 Å². The molecule has 4 amide bonds. The van der Waals surface area contributed by atoms with E-state index in [0.717, 1.165) is 0 Å². The van der Waals surface area contributed by atoms with E-state index in [1.807, 2.05) is 0 Å². The molecular weight excluding hydrogens is 607 g/mol. The van der Waals surface area contributed by atoms with Crippen LogP contribution in [0.5, 0.6) is 0 Å². The third kappa shape index (κ3) is 10.7. The molecule has 3 N–H and O–H groups in total. The molecule has 3 rings (SSSR count). The van der Waals surface area contributed by atoms with Crippen LogP contribution in [0.3, 0.4) is 0 Å². The molecule has 0 aliphatic carbocycles. The fraction of sp³-hybridized carbons (Fsp3) is 0.656. The lowest BCUT2D eigenvalue weighted by Crippen LogP contribution is -2.59. The van der Waals surface area contributed by atoms with Crippen molar-refractivity contribution in [1.82, 2.24) is 25.8 Å². The molecule has 11 nitrogen and oxygen atoms in total. The Kier molecular flexibility index (Phi) is 12.6. The number of rotatable bonds is 11. The van der Waals surface area contributed by atoms with Gasteiger partial charge in [-0.3, -0.25) is 19.2 Å². The maximum atomic E-state index is 13.7. The van der Waals surface area contributed by atoms with Gasteiger partial charge in [-0.1, -0.05) is 44.2 Å². The van der Waals surface area contributed by atoms with Crippen LogP contribution in [0.2, 0.25) is 0 Å². The summed E-state index contributed by atoms with van der Waals surface area (Å²) in [6.45, 7) is 9.89. The van der Waals surface area contributed by atoms with Gasteiger partial charge in [0.25, 0.3) is 5.78 Å². The van der Waals surface area contributed by atoms with E-state index in [1.165, 1.54) is 4.90 Å². The van der Waals surface area contributed by atoms with Gasteiger partial charge in [0.05, 0.1) is 6.54 Å². The number of Topliss-reactive ketones (excluding diaryl/α,β-unsaturated/α-hetero) is 1. The van der Waals surface area contributed by atoms with Crippen molar-refractivity contribution in [2.75, 3.05) is 26.2 Å². The Morgan fingerprint density at radius 2 is 1.57 bits per heavy atom. The van der Waals surface area contributed by atoms with Crippen molar-refractivity contribution in [3.05, 3.63) is 35.9 Å². The number of hydrogen-bond donors (Lipinski definition) is 3. The van der Waals surface area contributed by atoms with E-state index in [9.17, 15) is 37.1 Å². The highest BCUT2D eigenvalue weighted by Gasteiger charge is 2.46. The summed E-state index contributed by atoms with van der Waals surface area (Å²) in [6.07, 6.45) is -3.70. The van der Waals surface area contributed by atoms with Crippen LogP contribution in [0, 0.1) is 5.92 Å². The average Bonchev–Trinajstić information content (AvgIpc) is 3.47. The number of amides is 4. The van der Waals surface area contributed by atoms with Gasteiger partial charge in [-0.05, 0) is 57.9 Å². The molecule has 1 aromatic carbocycles. The van der Waals surface area contributed by atoms with E-state index < -0.39 is 53.5 Å². The summed E-state index contributed by atoms with van der Waals surface area (Å²) in [5, 5.41) is 8.21. The molecule has 3 atom stereocenters. The van der Waals surface area contributed by atoms with Crippen LogP contribution in [0.4, 0.5) is 18.0 Å². The summed E-state index contributed by atoms with van der Waals surface area (Å²) in [6, 6.07) is 3.69. The Morgan fingerprint density at radius 1 is 0.935 bits per heavy atom. The molecule has 0 aromatic heterocycles. The highest BCUT2D eigenvalue weighted by Crippen LogP contribution is 2.24. The number of nitrogens with zero attached hydrogens (tertiary/aromatic N) is 2. The van der Waals surface area contributed by atoms with Crippen LogP contribution in [0.25, 0.3) is 0 Å². The molecular formula is C32H46F3N5O6. The van der Waals surface area contributed by atoms with E-state index in [4.69, 9.17) is 4.74 Å². The van der Waals surface area contributed by atoms with Crippen molar-refractivity contribution in [3.63, 3.8) is 0 Å². The smallest absolute Gasteiger partial charge is 0.452 e. The van der Waals surface area contributed by atoms with Gasteiger partial charge in [-0.15, -0.1) is 0 Å². The van der Waals surface area contributed by atoms with E-state index in [2.05, 4.69) is 16.0 Å². The molecule has 0 radical (unpaired) electrons. The second-order valence-electron chi connectivity index (χ2n) is 13.2. The number of halogens is 3. The quantitative estimate of drug-likeness (QED) is 0.313. The molecule has 2 heterocycles. The van der Waals surface area contributed by atoms with Crippen molar-refractivity contribution in [2.24, 2.45) is 5.92 Å². The second-order valence-corrected chi connectivity index (χ2v) is 13.2. The lowest BCUT2D eigenvalue weighted by atomic mass is 10.0. The van der Waals surface area contributed by atoms with Crippen LogP contribution >= 0.6 is 0 Å².